The number of halogens is 1. The first-order valence-corrected chi connectivity index (χ1v) is 6.39. The number of nitrogens with zero attached hydrogens (tertiary/aromatic N) is 2. The lowest BCUT2D eigenvalue weighted by atomic mass is 9.81. The van der Waals surface area contributed by atoms with Gasteiger partial charge in [0.2, 0.25) is 0 Å². The molecule has 2 aliphatic heterocycles. The summed E-state index contributed by atoms with van der Waals surface area (Å²) in [5.74, 6) is 1.32. The maximum absolute atomic E-state index is 13.2. The summed E-state index contributed by atoms with van der Waals surface area (Å²) in [5.41, 5.74) is 0.932. The van der Waals surface area contributed by atoms with Crippen LogP contribution in [0.4, 0.5) is 10.1 Å². The minimum Gasteiger partial charge on any atom is -0.370 e. The zero-order valence-corrected chi connectivity index (χ0v) is 9.90. The van der Waals surface area contributed by atoms with Gasteiger partial charge in [-0.1, -0.05) is 0 Å². The zero-order chi connectivity index (χ0) is 11.7. The Kier molecular flexibility index (Phi) is 2.97. The third-order valence-electron chi connectivity index (χ3n) is 4.05. The SMILES string of the molecule is Fc1cncc(N2CCC3CNCCC3C2)c1. The van der Waals surface area contributed by atoms with E-state index in [-0.39, 0.29) is 5.82 Å². The first kappa shape index (κ1) is 11.0. The van der Waals surface area contributed by atoms with Crippen LogP contribution in [-0.4, -0.2) is 31.2 Å². The third-order valence-corrected chi connectivity index (χ3v) is 4.05. The lowest BCUT2D eigenvalue weighted by Crippen LogP contribution is -2.48. The van der Waals surface area contributed by atoms with Crippen molar-refractivity contribution in [2.75, 3.05) is 31.1 Å². The van der Waals surface area contributed by atoms with Gasteiger partial charge in [0, 0.05) is 19.2 Å². The van der Waals surface area contributed by atoms with Crippen molar-refractivity contribution in [2.24, 2.45) is 11.8 Å². The lowest BCUT2D eigenvalue weighted by Gasteiger charge is -2.42. The Morgan fingerprint density at radius 2 is 2.24 bits per heavy atom. The van der Waals surface area contributed by atoms with E-state index in [0.29, 0.717) is 0 Å². The van der Waals surface area contributed by atoms with Gasteiger partial charge in [0.1, 0.15) is 5.82 Å². The molecule has 4 heteroatoms. The molecule has 0 spiro atoms. The standard InChI is InChI=1S/C13H18FN3/c14-12-5-13(8-16-7-12)17-4-2-10-6-15-3-1-11(10)9-17/h5,7-8,10-11,15H,1-4,6,9H2. The quantitative estimate of drug-likeness (QED) is 0.802. The summed E-state index contributed by atoms with van der Waals surface area (Å²) in [6.45, 7) is 4.35. The Bertz CT molecular complexity index is 396. The normalized spacial score (nSPS) is 28.9. The molecular weight excluding hydrogens is 217 g/mol. The molecule has 0 aliphatic carbocycles. The van der Waals surface area contributed by atoms with Crippen molar-refractivity contribution < 1.29 is 4.39 Å². The van der Waals surface area contributed by atoms with Crippen LogP contribution in [0, 0.1) is 17.7 Å². The Morgan fingerprint density at radius 3 is 3.12 bits per heavy atom. The fourth-order valence-corrected chi connectivity index (χ4v) is 3.06. The van der Waals surface area contributed by atoms with Gasteiger partial charge in [-0.25, -0.2) is 4.39 Å². The van der Waals surface area contributed by atoms with E-state index in [2.05, 4.69) is 15.2 Å². The number of nitrogens with one attached hydrogen (secondary N) is 1. The number of rotatable bonds is 1. The molecule has 2 fully saturated rings. The van der Waals surface area contributed by atoms with Gasteiger partial charge in [0.25, 0.3) is 0 Å². The van der Waals surface area contributed by atoms with E-state index in [4.69, 9.17) is 0 Å². The van der Waals surface area contributed by atoms with Crippen LogP contribution in [0.1, 0.15) is 12.8 Å². The third kappa shape index (κ3) is 2.27. The molecule has 1 N–H and O–H groups in total. The van der Waals surface area contributed by atoms with E-state index in [0.717, 1.165) is 43.7 Å². The fraction of sp³-hybridized carbons (Fsp3) is 0.615. The molecule has 3 heterocycles. The lowest BCUT2D eigenvalue weighted by molar-refractivity contribution is 0.218. The van der Waals surface area contributed by atoms with Gasteiger partial charge in [-0.05, 0) is 37.8 Å². The molecule has 3 nitrogen and oxygen atoms in total. The molecular formula is C13H18FN3. The Hall–Kier alpha value is -1.16. The Morgan fingerprint density at radius 1 is 1.29 bits per heavy atom. The second kappa shape index (κ2) is 4.61. The number of fused-ring (bicyclic) bond motifs is 1. The summed E-state index contributed by atoms with van der Waals surface area (Å²) in [7, 11) is 0. The van der Waals surface area contributed by atoms with Crippen LogP contribution in [0.5, 0.6) is 0 Å². The van der Waals surface area contributed by atoms with Crippen molar-refractivity contribution in [1.82, 2.24) is 10.3 Å². The smallest absolute Gasteiger partial charge is 0.143 e. The van der Waals surface area contributed by atoms with Crippen LogP contribution in [0.25, 0.3) is 0 Å². The second-order valence-electron chi connectivity index (χ2n) is 5.11. The van der Waals surface area contributed by atoms with Crippen LogP contribution < -0.4 is 10.2 Å². The van der Waals surface area contributed by atoms with Gasteiger partial charge in [-0.15, -0.1) is 0 Å². The molecule has 0 amide bonds. The highest BCUT2D eigenvalue weighted by Gasteiger charge is 2.31. The van der Waals surface area contributed by atoms with Crippen LogP contribution in [0.15, 0.2) is 18.5 Å². The topological polar surface area (TPSA) is 28.2 Å². The summed E-state index contributed by atoms with van der Waals surface area (Å²) >= 11 is 0. The highest BCUT2D eigenvalue weighted by Crippen LogP contribution is 2.30. The van der Waals surface area contributed by atoms with Crippen molar-refractivity contribution in [1.29, 1.82) is 0 Å². The fourth-order valence-electron chi connectivity index (χ4n) is 3.06. The van der Waals surface area contributed by atoms with E-state index in [9.17, 15) is 4.39 Å². The molecule has 0 radical (unpaired) electrons. The summed E-state index contributed by atoms with van der Waals surface area (Å²) < 4.78 is 13.2. The van der Waals surface area contributed by atoms with Crippen LogP contribution >= 0.6 is 0 Å². The molecule has 0 aromatic carbocycles. The summed E-state index contributed by atoms with van der Waals surface area (Å²) in [5, 5.41) is 3.46. The summed E-state index contributed by atoms with van der Waals surface area (Å²) in [6.07, 6.45) is 5.48. The number of hydrogen-bond donors (Lipinski definition) is 1. The van der Waals surface area contributed by atoms with Gasteiger partial charge >= 0.3 is 0 Å². The molecule has 2 aliphatic rings. The van der Waals surface area contributed by atoms with E-state index >= 15 is 0 Å². The predicted molar refractivity (Wildman–Crippen MR) is 65.5 cm³/mol. The van der Waals surface area contributed by atoms with E-state index in [1.54, 1.807) is 12.3 Å². The van der Waals surface area contributed by atoms with E-state index < -0.39 is 0 Å². The Balaban J connectivity index is 1.73. The zero-order valence-electron chi connectivity index (χ0n) is 9.90. The van der Waals surface area contributed by atoms with Gasteiger partial charge in [-0.2, -0.15) is 0 Å². The minimum absolute atomic E-state index is 0.241. The van der Waals surface area contributed by atoms with Crippen molar-refractivity contribution in [3.8, 4) is 0 Å². The molecule has 1 aromatic heterocycles. The minimum atomic E-state index is -0.241. The maximum Gasteiger partial charge on any atom is 0.143 e. The average Bonchev–Trinajstić information content (AvgIpc) is 2.38. The molecule has 2 unspecified atom stereocenters. The first-order valence-electron chi connectivity index (χ1n) is 6.39. The Labute approximate surface area is 101 Å². The molecule has 17 heavy (non-hydrogen) atoms. The monoisotopic (exact) mass is 235 g/mol. The number of pyridine rings is 1. The van der Waals surface area contributed by atoms with E-state index in [1.165, 1.54) is 19.0 Å². The van der Waals surface area contributed by atoms with Gasteiger partial charge in [0.05, 0.1) is 18.1 Å². The van der Waals surface area contributed by atoms with Gasteiger partial charge in [-0.3, -0.25) is 4.98 Å². The number of piperidine rings is 2. The van der Waals surface area contributed by atoms with Crippen LogP contribution in [0.3, 0.4) is 0 Å². The largest absolute Gasteiger partial charge is 0.370 e. The average molecular weight is 235 g/mol. The molecule has 0 saturated carbocycles. The van der Waals surface area contributed by atoms with E-state index in [1.807, 2.05) is 0 Å². The highest BCUT2D eigenvalue weighted by molar-refractivity contribution is 5.44. The molecule has 2 saturated heterocycles. The molecule has 0 bridgehead atoms. The summed E-state index contributed by atoms with van der Waals surface area (Å²) in [4.78, 5) is 6.21. The van der Waals surface area contributed by atoms with Gasteiger partial charge in [0.15, 0.2) is 0 Å². The highest BCUT2D eigenvalue weighted by atomic mass is 19.1. The molecule has 3 rings (SSSR count). The molecule has 1 aromatic rings. The molecule has 92 valence electrons. The van der Waals surface area contributed by atoms with Crippen molar-refractivity contribution in [3.63, 3.8) is 0 Å². The predicted octanol–water partition coefficient (Wildman–Crippen LogP) is 1.66. The van der Waals surface area contributed by atoms with Crippen molar-refractivity contribution in [2.45, 2.75) is 12.8 Å². The molecule has 2 atom stereocenters. The number of anilines is 1. The van der Waals surface area contributed by atoms with Gasteiger partial charge < -0.3 is 10.2 Å². The van der Waals surface area contributed by atoms with Crippen molar-refractivity contribution in [3.05, 3.63) is 24.3 Å². The first-order chi connectivity index (χ1) is 8.33. The van der Waals surface area contributed by atoms with Crippen molar-refractivity contribution >= 4 is 5.69 Å². The maximum atomic E-state index is 13.2. The van der Waals surface area contributed by atoms with Crippen LogP contribution in [-0.2, 0) is 0 Å². The number of aromatic nitrogens is 1. The van der Waals surface area contributed by atoms with Crippen LogP contribution in [0.2, 0.25) is 0 Å². The summed E-state index contributed by atoms with van der Waals surface area (Å²) in [6, 6.07) is 1.59. The second-order valence-corrected chi connectivity index (χ2v) is 5.11. The number of hydrogen-bond acceptors (Lipinski definition) is 3.